The normalized spacial score (nSPS) is 20.7. The topological polar surface area (TPSA) is 114 Å². The largest absolute Gasteiger partial charge is 0.394 e. The molecule has 14 heteroatoms. The molecule has 2 fully saturated rings. The minimum atomic E-state index is -4.21. The van der Waals surface area contributed by atoms with Crippen molar-refractivity contribution in [1.82, 2.24) is 40.0 Å². The zero-order chi connectivity index (χ0) is 26.9. The number of aromatic nitrogens is 7. The molecule has 2 atom stereocenters. The summed E-state index contributed by atoms with van der Waals surface area (Å²) >= 11 is 6.61. The number of carbonyl (C=O) groups is 1. The van der Waals surface area contributed by atoms with Gasteiger partial charge in [0.15, 0.2) is 17.1 Å². The Kier molecular flexibility index (Phi) is 7.51. The van der Waals surface area contributed by atoms with E-state index in [1.807, 2.05) is 17.7 Å². The van der Waals surface area contributed by atoms with E-state index in [0.717, 1.165) is 31.2 Å². The molecule has 0 spiro atoms. The molecule has 0 saturated heterocycles. The fraction of sp³-hybridized carbons (Fsp3) is 0.500. The number of carbonyl (C=O) groups excluding carboxylic acids is 1. The van der Waals surface area contributed by atoms with E-state index < -0.39 is 11.6 Å². The molecule has 202 valence electrons. The second-order valence-electron chi connectivity index (χ2n) is 9.67. The van der Waals surface area contributed by atoms with Crippen molar-refractivity contribution in [3.63, 3.8) is 0 Å². The summed E-state index contributed by atoms with van der Waals surface area (Å²) in [4.78, 5) is 26.7. The predicted molar refractivity (Wildman–Crippen MR) is 137 cm³/mol. The van der Waals surface area contributed by atoms with E-state index >= 15 is 0 Å². The maximum absolute atomic E-state index is 13.7. The second-order valence-corrected chi connectivity index (χ2v) is 11.4. The number of thiazole rings is 1. The Morgan fingerprint density at radius 3 is 2.66 bits per heavy atom. The van der Waals surface area contributed by atoms with Crippen LogP contribution in [0.15, 0.2) is 24.8 Å². The van der Waals surface area contributed by atoms with Crippen LogP contribution >= 0.6 is 22.9 Å². The third-order valence-electron chi connectivity index (χ3n) is 7.27. The van der Waals surface area contributed by atoms with Gasteiger partial charge in [-0.3, -0.25) is 14.9 Å². The molecule has 2 saturated carbocycles. The lowest BCUT2D eigenvalue weighted by Crippen LogP contribution is -2.34. The van der Waals surface area contributed by atoms with Crippen LogP contribution in [0.2, 0.25) is 4.34 Å². The molecule has 4 aromatic heterocycles. The number of rotatable bonds is 6. The van der Waals surface area contributed by atoms with Gasteiger partial charge in [-0.05, 0) is 51.6 Å². The molecule has 4 aromatic rings. The van der Waals surface area contributed by atoms with Gasteiger partial charge in [-0.25, -0.2) is 15.0 Å². The van der Waals surface area contributed by atoms with Gasteiger partial charge >= 0.3 is 6.18 Å². The van der Waals surface area contributed by atoms with E-state index in [9.17, 15) is 18.0 Å². The number of alkyl halides is 3. The second kappa shape index (κ2) is 10.7. The monoisotopic (exact) mass is 566 g/mol. The van der Waals surface area contributed by atoms with E-state index in [4.69, 9.17) is 11.6 Å². The summed E-state index contributed by atoms with van der Waals surface area (Å²) < 4.78 is 43.7. The fourth-order valence-electron chi connectivity index (χ4n) is 5.04. The first kappa shape index (κ1) is 26.7. The van der Waals surface area contributed by atoms with E-state index in [-0.39, 0.29) is 25.3 Å². The molecular weight excluding hydrogens is 541 g/mol. The Hall–Kier alpha value is -2.90. The fourth-order valence-corrected chi connectivity index (χ4v) is 5.78. The number of fused-ring (bicyclic) bond motifs is 1. The highest BCUT2D eigenvalue weighted by Gasteiger charge is 2.63. The van der Waals surface area contributed by atoms with Crippen LogP contribution in [0.3, 0.4) is 0 Å². The smallest absolute Gasteiger partial charge is 0.325 e. The molecule has 38 heavy (non-hydrogen) atoms. The average Bonchev–Trinajstić information content (AvgIpc) is 3.24. The van der Waals surface area contributed by atoms with E-state index in [1.165, 1.54) is 23.9 Å². The van der Waals surface area contributed by atoms with Crippen molar-refractivity contribution in [2.75, 3.05) is 7.05 Å². The molecule has 0 radical (unpaired) electrons. The zero-order valence-corrected chi connectivity index (χ0v) is 22.1. The van der Waals surface area contributed by atoms with Crippen LogP contribution in [0.25, 0.3) is 22.6 Å². The van der Waals surface area contributed by atoms with Crippen molar-refractivity contribution in [3.05, 3.63) is 40.0 Å². The standard InChI is InChI=1S/C20H24F3N7.C4H2ClNOS/c1-24-12-3-2-4-13(7-12)30-16-8-14(18-26-11-27-29-18)25-10-15(16)28-17(30)9-19(5-6-19)20(21,22)23;5-3-1-6-4(2-7)8-3/h8,10-13,24H,2-7,9H2,1H3,(H,26,27,29);1-2H. The summed E-state index contributed by atoms with van der Waals surface area (Å²) in [6, 6.07) is 2.31. The van der Waals surface area contributed by atoms with Crippen LogP contribution in [0.1, 0.15) is 60.2 Å². The highest BCUT2D eigenvalue weighted by Crippen LogP contribution is 2.59. The van der Waals surface area contributed by atoms with Gasteiger partial charge in [0.2, 0.25) is 0 Å². The van der Waals surface area contributed by atoms with Crippen LogP contribution < -0.4 is 5.32 Å². The van der Waals surface area contributed by atoms with Gasteiger partial charge in [0.05, 0.1) is 23.3 Å². The third kappa shape index (κ3) is 5.45. The number of nitrogens with one attached hydrogen (secondary N) is 2. The van der Waals surface area contributed by atoms with Crippen molar-refractivity contribution >= 4 is 40.3 Å². The number of aldehydes is 1. The quantitative estimate of drug-likeness (QED) is 0.300. The minimum Gasteiger partial charge on any atom is -0.325 e. The van der Waals surface area contributed by atoms with Gasteiger partial charge in [-0.2, -0.15) is 18.3 Å². The molecule has 6 rings (SSSR count). The van der Waals surface area contributed by atoms with Gasteiger partial charge in [0, 0.05) is 18.5 Å². The molecule has 0 amide bonds. The first-order chi connectivity index (χ1) is 18.2. The number of halogens is 4. The molecule has 2 aliphatic carbocycles. The minimum absolute atomic E-state index is 0.0798. The molecule has 9 nitrogen and oxygen atoms in total. The number of hydrogen-bond acceptors (Lipinski definition) is 8. The summed E-state index contributed by atoms with van der Waals surface area (Å²) in [6.07, 6.45) is 5.11. The summed E-state index contributed by atoms with van der Waals surface area (Å²) in [5.41, 5.74) is 0.402. The Labute approximate surface area is 225 Å². The van der Waals surface area contributed by atoms with Gasteiger partial charge in [-0.15, -0.1) is 0 Å². The van der Waals surface area contributed by atoms with E-state index in [1.54, 1.807) is 6.20 Å². The number of imidazole rings is 1. The number of pyridine rings is 1. The zero-order valence-electron chi connectivity index (χ0n) is 20.5. The number of H-pyrrole nitrogens is 1. The average molecular weight is 567 g/mol. The molecule has 2 aliphatic rings. The Balaban J connectivity index is 0.000000316. The first-order valence-corrected chi connectivity index (χ1v) is 13.5. The maximum atomic E-state index is 13.7. The van der Waals surface area contributed by atoms with Crippen LogP contribution in [0, 0.1) is 5.41 Å². The third-order valence-corrected chi connectivity index (χ3v) is 8.31. The molecule has 2 N–H and O–H groups in total. The van der Waals surface area contributed by atoms with Crippen LogP contribution in [0.5, 0.6) is 0 Å². The molecule has 0 aliphatic heterocycles. The van der Waals surface area contributed by atoms with Gasteiger partial charge < -0.3 is 9.88 Å². The lowest BCUT2D eigenvalue weighted by atomic mass is 9.90. The molecule has 4 heterocycles. The predicted octanol–water partition coefficient (Wildman–Crippen LogP) is 5.41. The Bertz CT molecular complexity index is 1400. The molecule has 0 aromatic carbocycles. The lowest BCUT2D eigenvalue weighted by Gasteiger charge is -2.32. The Morgan fingerprint density at radius 2 is 2.08 bits per heavy atom. The van der Waals surface area contributed by atoms with Gasteiger partial charge in [-0.1, -0.05) is 22.9 Å². The number of hydrogen-bond donors (Lipinski definition) is 2. The molecule has 2 unspecified atom stereocenters. The highest BCUT2D eigenvalue weighted by atomic mass is 35.5. The molecule has 0 bridgehead atoms. The van der Waals surface area contributed by atoms with Gasteiger partial charge in [0.1, 0.15) is 27.7 Å². The Morgan fingerprint density at radius 1 is 1.26 bits per heavy atom. The van der Waals surface area contributed by atoms with Gasteiger partial charge in [0.25, 0.3) is 0 Å². The SMILES string of the molecule is CNC1CCCC(n2c(CC3(C(F)(F)F)CC3)nc3cnc(-c4ncn[nH]4)cc32)C1.O=Cc1ncc(Cl)s1. The van der Waals surface area contributed by atoms with Crippen molar-refractivity contribution < 1.29 is 18.0 Å². The molecular formula is C24H26ClF3N8OS. The maximum Gasteiger partial charge on any atom is 0.394 e. The number of nitrogens with zero attached hydrogens (tertiary/aromatic N) is 6. The highest BCUT2D eigenvalue weighted by molar-refractivity contribution is 7.17. The van der Waals surface area contributed by atoms with Crippen LogP contribution in [-0.2, 0) is 6.42 Å². The summed E-state index contributed by atoms with van der Waals surface area (Å²) in [5.74, 6) is 1.04. The summed E-state index contributed by atoms with van der Waals surface area (Å²) in [6.45, 7) is 0. The number of aromatic amines is 1. The van der Waals surface area contributed by atoms with Crippen molar-refractivity contribution in [2.45, 2.75) is 63.2 Å². The lowest BCUT2D eigenvalue weighted by molar-refractivity contribution is -0.187. The first-order valence-electron chi connectivity index (χ1n) is 12.3. The summed E-state index contributed by atoms with van der Waals surface area (Å²) in [5, 5.41) is 10.4. The van der Waals surface area contributed by atoms with Crippen LogP contribution in [0.4, 0.5) is 13.2 Å². The van der Waals surface area contributed by atoms with Crippen molar-refractivity contribution in [3.8, 4) is 11.5 Å². The van der Waals surface area contributed by atoms with Crippen molar-refractivity contribution in [1.29, 1.82) is 0 Å². The van der Waals surface area contributed by atoms with E-state index in [2.05, 4.69) is 35.5 Å². The summed E-state index contributed by atoms with van der Waals surface area (Å²) in [7, 11) is 1.94. The van der Waals surface area contributed by atoms with E-state index in [0.29, 0.717) is 44.5 Å². The van der Waals surface area contributed by atoms with Crippen molar-refractivity contribution in [2.24, 2.45) is 5.41 Å². The van der Waals surface area contributed by atoms with Crippen LogP contribution in [-0.4, -0.2) is 60.3 Å².